The SMILES string of the molecule is COCC[C@@H]1CCCCN1Cc1nc(-c2ccc(C(F)(F)F)cc2)oc1C. The van der Waals surface area contributed by atoms with Crippen LogP contribution < -0.4 is 0 Å². The number of rotatable bonds is 6. The zero-order chi connectivity index (χ0) is 19.4. The van der Waals surface area contributed by atoms with E-state index in [1.807, 2.05) is 6.92 Å². The number of methoxy groups -OCH3 is 1. The van der Waals surface area contributed by atoms with E-state index in [4.69, 9.17) is 9.15 Å². The van der Waals surface area contributed by atoms with Crippen LogP contribution in [0.15, 0.2) is 28.7 Å². The third kappa shape index (κ3) is 4.90. The number of aromatic nitrogens is 1. The fraction of sp³-hybridized carbons (Fsp3) is 0.550. The van der Waals surface area contributed by atoms with Crippen molar-refractivity contribution < 1.29 is 22.3 Å². The van der Waals surface area contributed by atoms with E-state index in [-0.39, 0.29) is 0 Å². The minimum absolute atomic E-state index is 0.363. The van der Waals surface area contributed by atoms with Gasteiger partial charge in [-0.15, -0.1) is 0 Å². The molecule has 2 aromatic rings. The first-order valence-corrected chi connectivity index (χ1v) is 9.25. The van der Waals surface area contributed by atoms with E-state index in [2.05, 4.69) is 9.88 Å². The third-order valence-corrected chi connectivity index (χ3v) is 5.11. The Morgan fingerprint density at radius 2 is 1.96 bits per heavy atom. The van der Waals surface area contributed by atoms with E-state index in [1.165, 1.54) is 18.6 Å². The van der Waals surface area contributed by atoms with Crippen LogP contribution in [0.2, 0.25) is 0 Å². The van der Waals surface area contributed by atoms with E-state index < -0.39 is 11.7 Å². The van der Waals surface area contributed by atoms with Crippen LogP contribution >= 0.6 is 0 Å². The molecule has 3 rings (SSSR count). The Labute approximate surface area is 157 Å². The average molecular weight is 382 g/mol. The summed E-state index contributed by atoms with van der Waals surface area (Å²) in [6.07, 6.45) is 0.165. The van der Waals surface area contributed by atoms with Crippen molar-refractivity contribution in [1.82, 2.24) is 9.88 Å². The lowest BCUT2D eigenvalue weighted by atomic mass is 9.99. The molecule has 7 heteroatoms. The molecule has 0 spiro atoms. The van der Waals surface area contributed by atoms with E-state index >= 15 is 0 Å². The third-order valence-electron chi connectivity index (χ3n) is 5.11. The highest BCUT2D eigenvalue weighted by atomic mass is 19.4. The quantitative estimate of drug-likeness (QED) is 0.700. The van der Waals surface area contributed by atoms with Gasteiger partial charge in [0, 0.05) is 31.9 Å². The second-order valence-electron chi connectivity index (χ2n) is 7.00. The highest BCUT2D eigenvalue weighted by molar-refractivity contribution is 5.54. The van der Waals surface area contributed by atoms with Crippen LogP contribution in [0.5, 0.6) is 0 Å². The predicted octanol–water partition coefficient (Wildman–Crippen LogP) is 5.06. The maximum absolute atomic E-state index is 12.7. The molecule has 1 aromatic carbocycles. The number of piperidine rings is 1. The van der Waals surface area contributed by atoms with E-state index in [1.54, 1.807) is 7.11 Å². The lowest BCUT2D eigenvalue weighted by Crippen LogP contribution is -2.39. The summed E-state index contributed by atoms with van der Waals surface area (Å²) in [6.45, 7) is 4.28. The molecule has 148 valence electrons. The van der Waals surface area contributed by atoms with Gasteiger partial charge in [-0.25, -0.2) is 4.98 Å². The molecule has 1 aliphatic rings. The van der Waals surface area contributed by atoms with Crippen molar-refractivity contribution in [2.24, 2.45) is 0 Å². The zero-order valence-corrected chi connectivity index (χ0v) is 15.7. The van der Waals surface area contributed by atoms with Crippen molar-refractivity contribution in [1.29, 1.82) is 0 Å². The maximum Gasteiger partial charge on any atom is 0.416 e. The molecule has 1 fully saturated rings. The number of benzene rings is 1. The molecule has 0 unspecified atom stereocenters. The van der Waals surface area contributed by atoms with Gasteiger partial charge in [-0.1, -0.05) is 6.42 Å². The molecule has 1 saturated heterocycles. The summed E-state index contributed by atoms with van der Waals surface area (Å²) >= 11 is 0. The number of alkyl halides is 3. The fourth-order valence-corrected chi connectivity index (χ4v) is 3.54. The largest absolute Gasteiger partial charge is 0.441 e. The lowest BCUT2D eigenvalue weighted by Gasteiger charge is -2.35. The first-order valence-electron chi connectivity index (χ1n) is 9.25. The number of aryl methyl sites for hydroxylation is 1. The van der Waals surface area contributed by atoms with Gasteiger partial charge in [-0.2, -0.15) is 13.2 Å². The molecule has 27 heavy (non-hydrogen) atoms. The molecule has 2 heterocycles. The van der Waals surface area contributed by atoms with Crippen LogP contribution in [-0.2, 0) is 17.5 Å². The van der Waals surface area contributed by atoms with Gasteiger partial charge in [-0.3, -0.25) is 4.90 Å². The number of likely N-dealkylation sites (tertiary alicyclic amines) is 1. The molecule has 1 aliphatic heterocycles. The molecular formula is C20H25F3N2O2. The Balaban J connectivity index is 1.74. The van der Waals surface area contributed by atoms with Gasteiger partial charge >= 0.3 is 6.18 Å². The second kappa shape index (κ2) is 8.44. The Bertz CT molecular complexity index is 741. The van der Waals surface area contributed by atoms with Crippen molar-refractivity contribution in [2.45, 2.75) is 51.4 Å². The predicted molar refractivity (Wildman–Crippen MR) is 96.2 cm³/mol. The Kier molecular flexibility index (Phi) is 6.22. The van der Waals surface area contributed by atoms with Crippen molar-refractivity contribution in [2.75, 3.05) is 20.3 Å². The Morgan fingerprint density at radius 1 is 1.22 bits per heavy atom. The van der Waals surface area contributed by atoms with E-state index in [0.29, 0.717) is 29.8 Å². The fourth-order valence-electron chi connectivity index (χ4n) is 3.54. The summed E-state index contributed by atoms with van der Waals surface area (Å²) in [7, 11) is 1.71. The molecule has 0 aliphatic carbocycles. The zero-order valence-electron chi connectivity index (χ0n) is 15.7. The van der Waals surface area contributed by atoms with Crippen LogP contribution in [0.4, 0.5) is 13.2 Å². The molecule has 4 nitrogen and oxygen atoms in total. The topological polar surface area (TPSA) is 38.5 Å². The standard InChI is InChI=1S/C20H25F3N2O2/c1-14-18(13-25-11-4-3-5-17(25)10-12-26-2)24-19(27-14)15-6-8-16(9-7-15)20(21,22)23/h6-9,17H,3-5,10-13H2,1-2H3/t17-/m0/s1. The Morgan fingerprint density at radius 3 is 2.63 bits per heavy atom. The summed E-state index contributed by atoms with van der Waals surface area (Å²) in [6, 6.07) is 5.38. The minimum Gasteiger partial charge on any atom is -0.441 e. The van der Waals surface area contributed by atoms with Gasteiger partial charge in [0.1, 0.15) is 5.76 Å². The van der Waals surface area contributed by atoms with Gasteiger partial charge in [0.2, 0.25) is 5.89 Å². The van der Waals surface area contributed by atoms with Crippen molar-refractivity contribution in [3.05, 3.63) is 41.3 Å². The van der Waals surface area contributed by atoms with Crippen LogP contribution in [0.1, 0.15) is 42.7 Å². The molecule has 0 saturated carbocycles. The highest BCUT2D eigenvalue weighted by Gasteiger charge is 2.30. The summed E-state index contributed by atoms with van der Waals surface area (Å²) < 4.78 is 49.1. The van der Waals surface area contributed by atoms with Gasteiger partial charge in [-0.05, 0) is 57.0 Å². The number of hydrogen-bond acceptors (Lipinski definition) is 4. The Hall–Kier alpha value is -1.86. The molecule has 1 atom stereocenters. The summed E-state index contributed by atoms with van der Waals surface area (Å²) in [4.78, 5) is 6.97. The number of oxazole rings is 1. The number of nitrogens with zero attached hydrogens (tertiary/aromatic N) is 2. The summed E-state index contributed by atoms with van der Waals surface area (Å²) in [5.74, 6) is 1.07. The highest BCUT2D eigenvalue weighted by Crippen LogP contribution is 2.31. The van der Waals surface area contributed by atoms with Crippen LogP contribution in [-0.4, -0.2) is 36.2 Å². The first-order chi connectivity index (χ1) is 12.9. The van der Waals surface area contributed by atoms with Crippen molar-refractivity contribution in [3.63, 3.8) is 0 Å². The van der Waals surface area contributed by atoms with Gasteiger partial charge in [0.25, 0.3) is 0 Å². The first kappa shape index (κ1) is 19.9. The molecule has 0 radical (unpaired) electrons. The number of ether oxygens (including phenoxy) is 1. The monoisotopic (exact) mass is 382 g/mol. The molecule has 0 amide bonds. The van der Waals surface area contributed by atoms with E-state index in [0.717, 1.165) is 50.2 Å². The molecule has 0 bridgehead atoms. The lowest BCUT2D eigenvalue weighted by molar-refractivity contribution is -0.137. The molecule has 0 N–H and O–H groups in total. The van der Waals surface area contributed by atoms with Crippen molar-refractivity contribution in [3.8, 4) is 11.5 Å². The van der Waals surface area contributed by atoms with Gasteiger partial charge < -0.3 is 9.15 Å². The van der Waals surface area contributed by atoms with Gasteiger partial charge in [0.15, 0.2) is 0 Å². The normalized spacial score (nSPS) is 18.8. The smallest absolute Gasteiger partial charge is 0.416 e. The van der Waals surface area contributed by atoms with Crippen LogP contribution in [0, 0.1) is 6.92 Å². The maximum atomic E-state index is 12.7. The van der Waals surface area contributed by atoms with Crippen molar-refractivity contribution >= 4 is 0 Å². The van der Waals surface area contributed by atoms with Crippen LogP contribution in [0.25, 0.3) is 11.5 Å². The average Bonchev–Trinajstić information content (AvgIpc) is 3.01. The van der Waals surface area contributed by atoms with Crippen LogP contribution in [0.3, 0.4) is 0 Å². The molecular weight excluding hydrogens is 357 g/mol. The number of hydrogen-bond donors (Lipinski definition) is 0. The number of halogens is 3. The minimum atomic E-state index is -4.35. The second-order valence-corrected chi connectivity index (χ2v) is 7.00. The summed E-state index contributed by atoms with van der Waals surface area (Å²) in [5, 5.41) is 0. The summed E-state index contributed by atoms with van der Waals surface area (Å²) in [5.41, 5.74) is 0.713. The molecule has 1 aromatic heterocycles. The van der Waals surface area contributed by atoms with Gasteiger partial charge in [0.05, 0.1) is 11.3 Å². The van der Waals surface area contributed by atoms with E-state index in [9.17, 15) is 13.2 Å².